The number of carbonyl (C=O) groups excluding carboxylic acids is 2. The highest BCUT2D eigenvalue weighted by molar-refractivity contribution is 7.10. The summed E-state index contributed by atoms with van der Waals surface area (Å²) < 4.78 is 11.8. The van der Waals surface area contributed by atoms with Gasteiger partial charge in [0.1, 0.15) is 17.6 Å². The van der Waals surface area contributed by atoms with Crippen LogP contribution in [-0.2, 0) is 14.3 Å². The number of esters is 1. The van der Waals surface area contributed by atoms with Crippen molar-refractivity contribution in [2.45, 2.75) is 70.3 Å². The first-order chi connectivity index (χ1) is 15.0. The average Bonchev–Trinajstić information content (AvgIpc) is 3.49. The van der Waals surface area contributed by atoms with Gasteiger partial charge in [-0.05, 0) is 69.5 Å². The van der Waals surface area contributed by atoms with Crippen LogP contribution in [0.3, 0.4) is 0 Å². The van der Waals surface area contributed by atoms with Crippen LogP contribution in [-0.4, -0.2) is 17.9 Å². The van der Waals surface area contributed by atoms with Gasteiger partial charge in [0.2, 0.25) is 0 Å². The molecule has 2 atom stereocenters. The molecule has 6 heteroatoms. The van der Waals surface area contributed by atoms with Crippen LogP contribution in [0.25, 0.3) is 0 Å². The fourth-order valence-electron chi connectivity index (χ4n) is 5.15. The van der Waals surface area contributed by atoms with Crippen LogP contribution in [0, 0.1) is 6.92 Å². The smallest absolute Gasteiger partial charge is 0.337 e. The predicted molar refractivity (Wildman–Crippen MR) is 119 cm³/mol. The number of Topliss-reactive ketones (excluding diaryl/α,β-unsaturated/α-hetero) is 1. The van der Waals surface area contributed by atoms with E-state index in [2.05, 4.69) is 16.8 Å². The molecule has 2 aromatic rings. The molecule has 0 aromatic carbocycles. The minimum atomic E-state index is -0.518. The minimum absolute atomic E-state index is 0.0348. The SMILES string of the molecule is CC1=C(C(=O)OC2CCCC2)[C@@H](c2ccc(C)o2)C2=C(C[C@H](c3cccs3)CC2=O)N1. The molecule has 3 heterocycles. The van der Waals surface area contributed by atoms with Gasteiger partial charge in [-0.3, -0.25) is 4.79 Å². The van der Waals surface area contributed by atoms with E-state index in [4.69, 9.17) is 9.15 Å². The number of carbonyl (C=O) groups is 2. The molecule has 1 saturated carbocycles. The number of aryl methyl sites for hydroxylation is 1. The number of rotatable bonds is 4. The number of hydrogen-bond acceptors (Lipinski definition) is 6. The molecule has 162 valence electrons. The summed E-state index contributed by atoms with van der Waals surface area (Å²) in [7, 11) is 0. The van der Waals surface area contributed by atoms with Crippen LogP contribution >= 0.6 is 11.3 Å². The number of allylic oxidation sites excluding steroid dienone is 3. The van der Waals surface area contributed by atoms with E-state index in [1.54, 1.807) is 11.3 Å². The topological polar surface area (TPSA) is 68.5 Å². The quantitative estimate of drug-likeness (QED) is 0.640. The lowest BCUT2D eigenvalue weighted by molar-refractivity contribution is -0.144. The lowest BCUT2D eigenvalue weighted by Crippen LogP contribution is -2.36. The van der Waals surface area contributed by atoms with Crippen LogP contribution in [0.5, 0.6) is 0 Å². The maximum atomic E-state index is 13.4. The number of nitrogens with one attached hydrogen (secondary N) is 1. The first kappa shape index (κ1) is 20.3. The summed E-state index contributed by atoms with van der Waals surface area (Å²) in [5, 5.41) is 5.45. The van der Waals surface area contributed by atoms with Crippen molar-refractivity contribution in [3.05, 3.63) is 68.6 Å². The molecule has 3 aliphatic rings. The lowest BCUT2D eigenvalue weighted by Gasteiger charge is -2.35. The van der Waals surface area contributed by atoms with Gasteiger partial charge in [-0.2, -0.15) is 0 Å². The van der Waals surface area contributed by atoms with Crippen LogP contribution < -0.4 is 5.32 Å². The van der Waals surface area contributed by atoms with Gasteiger partial charge in [-0.1, -0.05) is 6.07 Å². The maximum Gasteiger partial charge on any atom is 0.337 e. The first-order valence-electron chi connectivity index (χ1n) is 11.1. The number of ketones is 1. The Morgan fingerprint density at radius 2 is 1.97 bits per heavy atom. The molecule has 5 rings (SSSR count). The van der Waals surface area contributed by atoms with Crippen molar-refractivity contribution in [3.63, 3.8) is 0 Å². The summed E-state index contributed by atoms with van der Waals surface area (Å²) in [6.45, 7) is 3.78. The third-order valence-electron chi connectivity index (χ3n) is 6.61. The van der Waals surface area contributed by atoms with Crippen molar-refractivity contribution < 1.29 is 18.7 Å². The zero-order chi connectivity index (χ0) is 21.5. The highest BCUT2D eigenvalue weighted by Crippen LogP contribution is 2.46. The van der Waals surface area contributed by atoms with Gasteiger partial charge in [0, 0.05) is 34.2 Å². The van der Waals surface area contributed by atoms with E-state index in [9.17, 15) is 9.59 Å². The number of furan rings is 1. The van der Waals surface area contributed by atoms with Gasteiger partial charge in [0.15, 0.2) is 5.78 Å². The number of ether oxygens (including phenoxy) is 1. The first-order valence-corrected chi connectivity index (χ1v) is 11.9. The monoisotopic (exact) mass is 437 g/mol. The standard InChI is InChI=1S/C25H27NO4S/c1-14-9-10-20(29-14)24-22(25(28)30-17-6-3-4-7-17)15(2)26-18-12-16(13-19(27)23(18)24)21-8-5-11-31-21/h5,8-11,16-17,24,26H,3-4,6-7,12-13H2,1-2H3/t16-,24+/m0/s1. The minimum Gasteiger partial charge on any atom is -0.465 e. The van der Waals surface area contributed by atoms with E-state index >= 15 is 0 Å². The van der Waals surface area contributed by atoms with E-state index in [0.29, 0.717) is 23.3 Å². The summed E-state index contributed by atoms with van der Waals surface area (Å²) in [5.41, 5.74) is 2.82. The zero-order valence-corrected chi connectivity index (χ0v) is 18.7. The molecule has 2 aliphatic carbocycles. The fourth-order valence-corrected chi connectivity index (χ4v) is 5.98. The van der Waals surface area contributed by atoms with Crippen molar-refractivity contribution in [1.82, 2.24) is 5.32 Å². The Morgan fingerprint density at radius 1 is 1.16 bits per heavy atom. The lowest BCUT2D eigenvalue weighted by atomic mass is 9.74. The summed E-state index contributed by atoms with van der Waals surface area (Å²) in [5.74, 6) is 0.775. The summed E-state index contributed by atoms with van der Waals surface area (Å²) in [6.07, 6.45) is 5.16. The van der Waals surface area contributed by atoms with Gasteiger partial charge in [0.25, 0.3) is 0 Å². The molecule has 0 radical (unpaired) electrons. The Bertz CT molecular complexity index is 1070. The van der Waals surface area contributed by atoms with Crippen LogP contribution in [0.4, 0.5) is 0 Å². The summed E-state index contributed by atoms with van der Waals surface area (Å²) >= 11 is 1.69. The van der Waals surface area contributed by atoms with E-state index in [1.165, 1.54) is 4.88 Å². The van der Waals surface area contributed by atoms with Crippen molar-refractivity contribution in [3.8, 4) is 0 Å². The van der Waals surface area contributed by atoms with E-state index in [-0.39, 0.29) is 23.8 Å². The largest absolute Gasteiger partial charge is 0.465 e. The van der Waals surface area contributed by atoms with Crippen LogP contribution in [0.15, 0.2) is 56.6 Å². The van der Waals surface area contributed by atoms with Gasteiger partial charge in [0.05, 0.1) is 11.5 Å². The second-order valence-electron chi connectivity index (χ2n) is 8.79. The Balaban J connectivity index is 1.53. The molecule has 2 aromatic heterocycles. The third kappa shape index (κ3) is 3.78. The molecule has 1 aliphatic heterocycles. The summed E-state index contributed by atoms with van der Waals surface area (Å²) in [6, 6.07) is 7.89. The van der Waals surface area contributed by atoms with Crippen LogP contribution in [0.1, 0.15) is 73.7 Å². The molecular formula is C25H27NO4S. The van der Waals surface area contributed by atoms with E-state index in [1.807, 2.05) is 32.0 Å². The van der Waals surface area contributed by atoms with E-state index < -0.39 is 5.92 Å². The zero-order valence-electron chi connectivity index (χ0n) is 17.9. The third-order valence-corrected chi connectivity index (χ3v) is 7.65. The highest BCUT2D eigenvalue weighted by atomic mass is 32.1. The van der Waals surface area contributed by atoms with Crippen molar-refractivity contribution >= 4 is 23.1 Å². The number of dihydropyridines is 1. The van der Waals surface area contributed by atoms with Crippen LogP contribution in [0.2, 0.25) is 0 Å². The van der Waals surface area contributed by atoms with Gasteiger partial charge in [-0.25, -0.2) is 4.79 Å². The van der Waals surface area contributed by atoms with Crippen molar-refractivity contribution in [1.29, 1.82) is 0 Å². The second-order valence-corrected chi connectivity index (χ2v) is 9.77. The van der Waals surface area contributed by atoms with Gasteiger partial charge in [-0.15, -0.1) is 11.3 Å². The fraction of sp³-hybridized carbons (Fsp3) is 0.440. The molecule has 0 unspecified atom stereocenters. The molecule has 0 saturated heterocycles. The molecular weight excluding hydrogens is 410 g/mol. The molecule has 5 nitrogen and oxygen atoms in total. The molecule has 0 spiro atoms. The van der Waals surface area contributed by atoms with Gasteiger partial charge >= 0.3 is 5.97 Å². The van der Waals surface area contributed by atoms with Crippen molar-refractivity contribution in [2.24, 2.45) is 0 Å². The molecule has 31 heavy (non-hydrogen) atoms. The second kappa shape index (κ2) is 8.15. The van der Waals surface area contributed by atoms with E-state index in [0.717, 1.165) is 49.3 Å². The highest BCUT2D eigenvalue weighted by Gasteiger charge is 2.43. The Kier molecular flexibility index (Phi) is 5.34. The summed E-state index contributed by atoms with van der Waals surface area (Å²) in [4.78, 5) is 28.0. The number of hydrogen-bond donors (Lipinski definition) is 1. The van der Waals surface area contributed by atoms with Crippen molar-refractivity contribution in [2.75, 3.05) is 0 Å². The Hall–Kier alpha value is -2.60. The average molecular weight is 438 g/mol. The molecule has 1 fully saturated rings. The molecule has 1 N–H and O–H groups in total. The van der Waals surface area contributed by atoms with Gasteiger partial charge < -0.3 is 14.5 Å². The Morgan fingerprint density at radius 3 is 2.65 bits per heavy atom. The maximum absolute atomic E-state index is 13.4. The number of thiophene rings is 1. The Labute approximate surface area is 186 Å². The molecule has 0 bridgehead atoms. The predicted octanol–water partition coefficient (Wildman–Crippen LogP) is 5.50. The normalized spacial score (nSPS) is 24.4. The molecule has 0 amide bonds.